The number of piperidine rings is 1. The van der Waals surface area contributed by atoms with Crippen LogP contribution in [0.15, 0.2) is 24.3 Å². The van der Waals surface area contributed by atoms with Crippen LogP contribution in [0.5, 0.6) is 0 Å². The number of anilines is 1. The fraction of sp³-hybridized carbons (Fsp3) is 0.600. The average Bonchev–Trinajstić information content (AvgIpc) is 2.81. The lowest BCUT2D eigenvalue weighted by Gasteiger charge is -2.39. The van der Waals surface area contributed by atoms with Gasteiger partial charge >= 0.3 is 6.03 Å². The van der Waals surface area contributed by atoms with E-state index in [-0.39, 0.29) is 23.9 Å². The zero-order valence-corrected chi connectivity index (χ0v) is 18.0. The molecule has 0 spiro atoms. The number of nitrogens with zero attached hydrogens (tertiary/aromatic N) is 2. The minimum absolute atomic E-state index is 0.0111. The maximum absolute atomic E-state index is 13.5. The summed E-state index contributed by atoms with van der Waals surface area (Å²) in [5.41, 5.74) is 1.62. The summed E-state index contributed by atoms with van der Waals surface area (Å²) in [6.45, 7) is 5.17. The summed E-state index contributed by atoms with van der Waals surface area (Å²) >= 11 is 0. The molecule has 3 amide bonds. The van der Waals surface area contributed by atoms with Crippen LogP contribution in [0.3, 0.4) is 0 Å². The molecule has 2 aliphatic rings. The first kappa shape index (κ1) is 21.6. The van der Waals surface area contributed by atoms with E-state index >= 15 is 0 Å². The molecule has 3 atom stereocenters. The Balaban J connectivity index is 1.87. The van der Waals surface area contributed by atoms with Crippen LogP contribution in [-0.4, -0.2) is 61.6 Å². The smallest absolute Gasteiger partial charge is 0.321 e. The van der Waals surface area contributed by atoms with Gasteiger partial charge in [-0.15, -0.1) is 0 Å². The molecule has 0 radical (unpaired) electrons. The predicted octanol–water partition coefficient (Wildman–Crippen LogP) is 1.99. The van der Waals surface area contributed by atoms with Gasteiger partial charge in [0.15, 0.2) is 0 Å². The van der Waals surface area contributed by atoms with Crippen LogP contribution in [-0.2, 0) is 21.4 Å². The van der Waals surface area contributed by atoms with Gasteiger partial charge in [-0.05, 0) is 30.4 Å². The second-order valence-electron chi connectivity index (χ2n) is 8.06. The van der Waals surface area contributed by atoms with Crippen molar-refractivity contribution in [2.24, 2.45) is 5.92 Å². The molecule has 1 aromatic rings. The second kappa shape index (κ2) is 8.71. The molecular formula is C20H30N4O4S. The molecule has 0 unspecified atom stereocenters. The summed E-state index contributed by atoms with van der Waals surface area (Å²) in [5.74, 6) is -0.191. The van der Waals surface area contributed by atoms with Gasteiger partial charge < -0.3 is 15.1 Å². The standard InChI is InChI=1S/C20H30N4O4S/c1-4-14(2)18-19(25)21-17-10-6-5-8-15(17)12-24(18)20(26)23-11-7-9-16(13-23)22-29(3,27)28/h5-6,8,10,14,16,18,22H,4,7,9,11-13H2,1-3H3,(H,21,25)/t14-,16-,18-/m0/s1. The number of urea groups is 1. The van der Waals surface area contributed by atoms with Crippen LogP contribution in [0, 0.1) is 5.92 Å². The van der Waals surface area contributed by atoms with Crippen LogP contribution >= 0.6 is 0 Å². The number of sulfonamides is 1. The summed E-state index contributed by atoms with van der Waals surface area (Å²) < 4.78 is 25.8. The Labute approximate surface area is 172 Å². The van der Waals surface area contributed by atoms with Crippen molar-refractivity contribution < 1.29 is 18.0 Å². The van der Waals surface area contributed by atoms with Crippen molar-refractivity contribution in [3.63, 3.8) is 0 Å². The van der Waals surface area contributed by atoms with Crippen LogP contribution in [0.1, 0.15) is 38.7 Å². The fourth-order valence-corrected chi connectivity index (χ4v) is 4.92. The zero-order valence-electron chi connectivity index (χ0n) is 17.2. The van der Waals surface area contributed by atoms with Crippen molar-refractivity contribution in [1.29, 1.82) is 0 Å². The minimum Gasteiger partial charge on any atom is -0.324 e. The van der Waals surface area contributed by atoms with E-state index in [9.17, 15) is 18.0 Å². The molecule has 0 aromatic heterocycles. The van der Waals surface area contributed by atoms with Gasteiger partial charge in [-0.2, -0.15) is 0 Å². The van der Waals surface area contributed by atoms with Crippen LogP contribution in [0.25, 0.3) is 0 Å². The highest BCUT2D eigenvalue weighted by Crippen LogP contribution is 2.28. The van der Waals surface area contributed by atoms with E-state index in [1.807, 2.05) is 38.1 Å². The Hall–Kier alpha value is -2.13. The first-order valence-corrected chi connectivity index (χ1v) is 12.0. The van der Waals surface area contributed by atoms with E-state index in [2.05, 4.69) is 10.0 Å². The zero-order chi connectivity index (χ0) is 21.2. The van der Waals surface area contributed by atoms with E-state index in [4.69, 9.17) is 0 Å². The van der Waals surface area contributed by atoms with Gasteiger partial charge in [0, 0.05) is 24.8 Å². The highest BCUT2D eigenvalue weighted by Gasteiger charge is 2.39. The number of para-hydroxylation sites is 1. The third kappa shape index (κ3) is 5.08. The highest BCUT2D eigenvalue weighted by molar-refractivity contribution is 7.88. The number of carbonyl (C=O) groups is 2. The average molecular weight is 423 g/mol. The van der Waals surface area contributed by atoms with E-state index in [0.29, 0.717) is 32.5 Å². The highest BCUT2D eigenvalue weighted by atomic mass is 32.2. The number of rotatable bonds is 4. The van der Waals surface area contributed by atoms with Gasteiger partial charge in [-0.1, -0.05) is 38.5 Å². The Morgan fingerprint density at radius 2 is 2.07 bits per heavy atom. The van der Waals surface area contributed by atoms with Crippen molar-refractivity contribution in [3.05, 3.63) is 29.8 Å². The van der Waals surface area contributed by atoms with E-state index < -0.39 is 16.1 Å². The molecule has 2 heterocycles. The Morgan fingerprint density at radius 1 is 1.34 bits per heavy atom. The van der Waals surface area contributed by atoms with Crippen molar-refractivity contribution in [3.8, 4) is 0 Å². The number of nitrogens with one attached hydrogen (secondary N) is 2. The fourth-order valence-electron chi connectivity index (χ4n) is 4.12. The lowest BCUT2D eigenvalue weighted by Crippen LogP contribution is -2.57. The van der Waals surface area contributed by atoms with E-state index in [1.54, 1.807) is 9.80 Å². The topological polar surface area (TPSA) is 98.8 Å². The molecule has 1 fully saturated rings. The number of fused-ring (bicyclic) bond motifs is 1. The molecule has 29 heavy (non-hydrogen) atoms. The lowest BCUT2D eigenvalue weighted by molar-refractivity contribution is -0.122. The van der Waals surface area contributed by atoms with Crippen LogP contribution in [0.2, 0.25) is 0 Å². The SMILES string of the molecule is CC[C@H](C)[C@H]1C(=O)Nc2ccccc2CN1C(=O)N1CCC[C@H](NS(C)(=O)=O)C1. The van der Waals surface area contributed by atoms with Crippen molar-refractivity contribution >= 4 is 27.6 Å². The summed E-state index contributed by atoms with van der Waals surface area (Å²) in [4.78, 5) is 29.8. The van der Waals surface area contributed by atoms with Gasteiger partial charge in [-0.3, -0.25) is 4.79 Å². The summed E-state index contributed by atoms with van der Waals surface area (Å²) in [6.07, 6.45) is 3.29. The molecule has 8 nitrogen and oxygen atoms in total. The molecule has 0 saturated carbocycles. The maximum atomic E-state index is 13.5. The van der Waals surface area contributed by atoms with Gasteiger partial charge in [-0.25, -0.2) is 17.9 Å². The molecule has 0 bridgehead atoms. The maximum Gasteiger partial charge on any atom is 0.321 e. The second-order valence-corrected chi connectivity index (χ2v) is 9.84. The number of likely N-dealkylation sites (tertiary alicyclic amines) is 1. The quantitative estimate of drug-likeness (QED) is 0.775. The minimum atomic E-state index is -3.35. The molecule has 9 heteroatoms. The first-order chi connectivity index (χ1) is 13.7. The van der Waals surface area contributed by atoms with Gasteiger partial charge in [0.25, 0.3) is 0 Å². The number of hydrogen-bond donors (Lipinski definition) is 2. The normalized spacial score (nSPS) is 23.8. The Kier molecular flexibility index (Phi) is 6.48. The largest absolute Gasteiger partial charge is 0.324 e. The van der Waals surface area contributed by atoms with Crippen molar-refractivity contribution in [2.75, 3.05) is 24.7 Å². The summed E-state index contributed by atoms with van der Waals surface area (Å²) in [6, 6.07) is 6.41. The summed E-state index contributed by atoms with van der Waals surface area (Å²) in [7, 11) is -3.35. The number of hydrogen-bond acceptors (Lipinski definition) is 4. The molecule has 3 rings (SSSR count). The molecule has 160 valence electrons. The molecule has 1 aromatic carbocycles. The number of amides is 3. The van der Waals surface area contributed by atoms with Crippen molar-refractivity contribution in [2.45, 2.75) is 51.7 Å². The Morgan fingerprint density at radius 3 is 2.76 bits per heavy atom. The van der Waals surface area contributed by atoms with Gasteiger partial charge in [0.1, 0.15) is 6.04 Å². The third-order valence-corrected chi connectivity index (χ3v) is 6.48. The van der Waals surface area contributed by atoms with Gasteiger partial charge in [0.2, 0.25) is 15.9 Å². The van der Waals surface area contributed by atoms with Crippen molar-refractivity contribution in [1.82, 2.24) is 14.5 Å². The van der Waals surface area contributed by atoms with Crippen LogP contribution in [0.4, 0.5) is 10.5 Å². The Bertz CT molecular complexity index is 873. The molecule has 0 aliphatic carbocycles. The van der Waals surface area contributed by atoms with Gasteiger partial charge in [0.05, 0.1) is 12.8 Å². The molecule has 1 saturated heterocycles. The first-order valence-electron chi connectivity index (χ1n) is 10.1. The molecular weight excluding hydrogens is 392 g/mol. The number of benzene rings is 1. The lowest BCUT2D eigenvalue weighted by atomic mass is 9.96. The monoisotopic (exact) mass is 422 g/mol. The predicted molar refractivity (Wildman–Crippen MR) is 112 cm³/mol. The van der Waals surface area contributed by atoms with E-state index in [0.717, 1.165) is 23.9 Å². The molecule has 2 N–H and O–H groups in total. The summed E-state index contributed by atoms with van der Waals surface area (Å²) in [5, 5.41) is 2.97. The van der Waals surface area contributed by atoms with E-state index in [1.165, 1.54) is 0 Å². The van der Waals surface area contributed by atoms with Crippen LogP contribution < -0.4 is 10.0 Å². The third-order valence-electron chi connectivity index (χ3n) is 5.72. The number of carbonyl (C=O) groups excluding carboxylic acids is 2. The molecule has 2 aliphatic heterocycles.